The maximum absolute atomic E-state index is 11.0. The first-order valence-electron chi connectivity index (χ1n) is 14.9. The molecule has 0 aromatic rings. The molecule has 3 nitrogen and oxygen atoms in total. The number of carbonyl (C=O) groups excluding carboxylic acids is 1. The number of unbranched alkanes of at least 4 members (excludes halogenated alkanes) is 22. The molecule has 0 unspecified atom stereocenters. The molecule has 198 valence electrons. The molecule has 0 saturated carbocycles. The molecule has 0 aliphatic rings. The normalized spacial score (nSPS) is 11.2. The second kappa shape index (κ2) is 29.8. The Kier molecular flexibility index (Phi) is 29.6. The van der Waals surface area contributed by atoms with Crippen LogP contribution in [-0.2, 0) is 4.79 Å². The topological polar surface area (TPSA) is 55.1 Å². The van der Waals surface area contributed by atoms with Crippen LogP contribution >= 0.6 is 11.8 Å². The molecule has 0 aromatic carbocycles. The molecule has 0 radical (unpaired) electrons. The highest BCUT2D eigenvalue weighted by Crippen LogP contribution is 2.16. The third kappa shape index (κ3) is 29.7. The van der Waals surface area contributed by atoms with E-state index < -0.39 is 0 Å². The predicted octanol–water partition coefficient (Wildman–Crippen LogP) is 9.48. The van der Waals surface area contributed by atoms with Gasteiger partial charge < -0.3 is 0 Å². The van der Waals surface area contributed by atoms with Crippen LogP contribution in [-0.4, -0.2) is 17.4 Å². The number of carbonyl (C=O) groups is 1. The van der Waals surface area contributed by atoms with Gasteiger partial charge in [0.1, 0.15) is 0 Å². The number of amides is 1. The average molecular weight is 485 g/mol. The Morgan fingerprint density at radius 1 is 0.515 bits per heavy atom. The van der Waals surface area contributed by atoms with E-state index in [-0.39, 0.29) is 5.91 Å². The summed E-state index contributed by atoms with van der Waals surface area (Å²) in [7, 11) is 0. The zero-order valence-corrected chi connectivity index (χ0v) is 23.3. The highest BCUT2D eigenvalue weighted by molar-refractivity contribution is 7.99. The van der Waals surface area contributed by atoms with Crippen LogP contribution in [0.1, 0.15) is 167 Å². The van der Waals surface area contributed by atoms with Gasteiger partial charge in [-0.1, -0.05) is 142 Å². The summed E-state index contributed by atoms with van der Waals surface area (Å²) < 4.78 is 0. The van der Waals surface area contributed by atoms with Gasteiger partial charge in [0, 0.05) is 6.42 Å². The van der Waals surface area contributed by atoms with Crippen LogP contribution in [0.5, 0.6) is 0 Å². The number of hydrazine groups is 1. The lowest BCUT2D eigenvalue weighted by molar-refractivity contribution is -0.121. The minimum absolute atomic E-state index is 0.0351. The van der Waals surface area contributed by atoms with Gasteiger partial charge in [0.25, 0.3) is 0 Å². The lowest BCUT2D eigenvalue weighted by atomic mass is 10.0. The third-order valence-corrected chi connectivity index (χ3v) is 7.90. The maximum atomic E-state index is 11.0. The summed E-state index contributed by atoms with van der Waals surface area (Å²) in [5, 5.41) is 0. The van der Waals surface area contributed by atoms with Gasteiger partial charge in [-0.2, -0.15) is 11.8 Å². The van der Waals surface area contributed by atoms with Crippen molar-refractivity contribution in [1.29, 1.82) is 0 Å². The van der Waals surface area contributed by atoms with E-state index in [0.29, 0.717) is 6.42 Å². The summed E-state index contributed by atoms with van der Waals surface area (Å²) >= 11 is 2.17. The van der Waals surface area contributed by atoms with Gasteiger partial charge in [-0.05, 0) is 30.8 Å². The van der Waals surface area contributed by atoms with E-state index in [1.165, 1.54) is 153 Å². The zero-order chi connectivity index (χ0) is 24.1. The molecule has 0 heterocycles. The van der Waals surface area contributed by atoms with Crippen molar-refractivity contribution in [3.8, 4) is 0 Å². The van der Waals surface area contributed by atoms with Crippen molar-refractivity contribution in [3.63, 3.8) is 0 Å². The molecule has 4 heteroatoms. The van der Waals surface area contributed by atoms with Crippen LogP contribution in [0.3, 0.4) is 0 Å². The molecule has 0 fully saturated rings. The Bertz CT molecular complexity index is 379. The Morgan fingerprint density at radius 3 is 1.15 bits per heavy atom. The zero-order valence-electron chi connectivity index (χ0n) is 22.5. The molecule has 0 spiro atoms. The van der Waals surface area contributed by atoms with E-state index in [4.69, 9.17) is 5.84 Å². The molecule has 3 N–H and O–H groups in total. The Labute approximate surface area is 212 Å². The van der Waals surface area contributed by atoms with Gasteiger partial charge in [0.05, 0.1) is 0 Å². The van der Waals surface area contributed by atoms with Gasteiger partial charge in [-0.15, -0.1) is 0 Å². The first-order chi connectivity index (χ1) is 16.3. The predicted molar refractivity (Wildman–Crippen MR) is 151 cm³/mol. The Balaban J connectivity index is 3.02. The number of rotatable bonds is 28. The van der Waals surface area contributed by atoms with E-state index in [0.717, 1.165) is 12.8 Å². The fourth-order valence-corrected chi connectivity index (χ4v) is 5.50. The Hall–Kier alpha value is -0.220. The lowest BCUT2D eigenvalue weighted by Crippen LogP contribution is -2.29. The first kappa shape index (κ1) is 32.8. The van der Waals surface area contributed by atoms with E-state index in [2.05, 4.69) is 24.1 Å². The van der Waals surface area contributed by atoms with Crippen molar-refractivity contribution in [2.24, 2.45) is 5.84 Å². The summed E-state index contributed by atoms with van der Waals surface area (Å²) in [5.74, 6) is 7.77. The average Bonchev–Trinajstić information content (AvgIpc) is 2.83. The van der Waals surface area contributed by atoms with Crippen molar-refractivity contribution in [2.75, 3.05) is 11.5 Å². The summed E-state index contributed by atoms with van der Waals surface area (Å²) in [6, 6.07) is 0. The van der Waals surface area contributed by atoms with Crippen LogP contribution in [0.15, 0.2) is 0 Å². The maximum Gasteiger partial charge on any atom is 0.233 e. The molecule has 0 bridgehead atoms. The van der Waals surface area contributed by atoms with Crippen molar-refractivity contribution < 1.29 is 4.79 Å². The van der Waals surface area contributed by atoms with Crippen LogP contribution < -0.4 is 11.3 Å². The van der Waals surface area contributed by atoms with Gasteiger partial charge in [0.2, 0.25) is 5.91 Å². The van der Waals surface area contributed by atoms with Crippen molar-refractivity contribution in [3.05, 3.63) is 0 Å². The molecule has 0 aromatic heterocycles. The van der Waals surface area contributed by atoms with Crippen molar-refractivity contribution in [1.82, 2.24) is 5.43 Å². The highest BCUT2D eigenvalue weighted by atomic mass is 32.2. The number of hydrogen-bond donors (Lipinski definition) is 2. The molecule has 33 heavy (non-hydrogen) atoms. The van der Waals surface area contributed by atoms with E-state index in [1.54, 1.807) is 0 Å². The fourth-order valence-electron chi connectivity index (χ4n) is 4.48. The standard InChI is InChI=1S/C29H60N2OS/c1-2-3-4-5-6-7-8-9-10-11-12-13-15-18-21-24-27-33-28-25-22-19-16-14-17-20-23-26-29(32)31-30/h2-28,30H2,1H3,(H,31,32). The minimum atomic E-state index is -0.0351. The number of nitrogens with one attached hydrogen (secondary N) is 1. The van der Waals surface area contributed by atoms with Gasteiger partial charge >= 0.3 is 0 Å². The van der Waals surface area contributed by atoms with Crippen LogP contribution in [0, 0.1) is 0 Å². The van der Waals surface area contributed by atoms with Crippen LogP contribution in [0.4, 0.5) is 0 Å². The lowest BCUT2D eigenvalue weighted by Gasteiger charge is -2.04. The van der Waals surface area contributed by atoms with E-state index >= 15 is 0 Å². The molecule has 0 aliphatic heterocycles. The summed E-state index contributed by atoms with van der Waals surface area (Å²) in [6.45, 7) is 2.30. The molecule has 0 atom stereocenters. The molecular formula is C29H60N2OS. The van der Waals surface area contributed by atoms with Crippen molar-refractivity contribution in [2.45, 2.75) is 167 Å². The summed E-state index contributed by atoms with van der Waals surface area (Å²) in [4.78, 5) is 11.0. The van der Waals surface area contributed by atoms with Crippen LogP contribution in [0.2, 0.25) is 0 Å². The van der Waals surface area contributed by atoms with Crippen molar-refractivity contribution >= 4 is 17.7 Å². The number of hydrogen-bond acceptors (Lipinski definition) is 3. The smallest absolute Gasteiger partial charge is 0.233 e. The largest absolute Gasteiger partial charge is 0.294 e. The van der Waals surface area contributed by atoms with Crippen LogP contribution in [0.25, 0.3) is 0 Å². The highest BCUT2D eigenvalue weighted by Gasteiger charge is 1.98. The van der Waals surface area contributed by atoms with Gasteiger partial charge in [-0.3, -0.25) is 10.2 Å². The fraction of sp³-hybridized carbons (Fsp3) is 0.966. The Morgan fingerprint density at radius 2 is 0.818 bits per heavy atom. The van der Waals surface area contributed by atoms with E-state index in [1.807, 2.05) is 0 Å². The van der Waals surface area contributed by atoms with E-state index in [9.17, 15) is 4.79 Å². The molecular weight excluding hydrogens is 424 g/mol. The number of nitrogens with two attached hydrogens (primary N) is 1. The molecule has 0 rings (SSSR count). The summed E-state index contributed by atoms with van der Waals surface area (Å²) in [5.41, 5.74) is 2.19. The minimum Gasteiger partial charge on any atom is -0.294 e. The third-order valence-electron chi connectivity index (χ3n) is 6.75. The summed E-state index contributed by atoms with van der Waals surface area (Å²) in [6.07, 6.45) is 34.1. The molecule has 0 aliphatic carbocycles. The van der Waals surface area contributed by atoms with Gasteiger partial charge in [0.15, 0.2) is 0 Å². The quantitative estimate of drug-likeness (QED) is 0.0503. The van der Waals surface area contributed by atoms with Gasteiger partial charge in [-0.25, -0.2) is 5.84 Å². The first-order valence-corrected chi connectivity index (χ1v) is 16.0. The molecule has 0 saturated heterocycles. The monoisotopic (exact) mass is 484 g/mol. The SMILES string of the molecule is CCCCCCCCCCCCCCCCCCSCCCCCCCCCCC(=O)NN. The second-order valence-corrected chi connectivity index (χ2v) is 11.3. The molecule has 1 amide bonds. The second-order valence-electron chi connectivity index (χ2n) is 10.1. The number of thioether (sulfide) groups is 1.